The molecule has 1 rings (SSSR count). The normalized spacial score (nSPS) is 13.4. The van der Waals surface area contributed by atoms with Gasteiger partial charge in [-0.1, -0.05) is 25.1 Å². The zero-order chi connectivity index (χ0) is 14.1. The number of sulfone groups is 1. The lowest BCUT2D eigenvalue weighted by Crippen LogP contribution is -2.31. The molecule has 0 aliphatic carbocycles. The Bertz CT molecular complexity index is 446. The average molecular weight is 301 g/mol. The maximum Gasteiger partial charge on any atom is 0.147 e. The van der Waals surface area contributed by atoms with Crippen molar-refractivity contribution in [2.24, 2.45) is 0 Å². The van der Waals surface area contributed by atoms with Crippen LogP contribution in [0.3, 0.4) is 0 Å². The molecule has 0 bridgehead atoms. The molecule has 1 aromatic carbocycles. The van der Waals surface area contributed by atoms with Crippen molar-refractivity contribution < 1.29 is 8.42 Å². The number of rotatable bonds is 9. The molecule has 0 aliphatic rings. The van der Waals surface area contributed by atoms with Crippen molar-refractivity contribution in [2.75, 3.05) is 24.3 Å². The Balaban J connectivity index is 2.36. The lowest BCUT2D eigenvalue weighted by molar-refractivity contribution is 0.527. The molecule has 0 saturated carbocycles. The van der Waals surface area contributed by atoms with Gasteiger partial charge in [0, 0.05) is 28.7 Å². The summed E-state index contributed by atoms with van der Waals surface area (Å²) in [5.74, 6) is 1.26. The second kappa shape index (κ2) is 8.61. The minimum absolute atomic E-state index is 0.283. The molecule has 0 radical (unpaired) electrons. The summed E-state index contributed by atoms with van der Waals surface area (Å²) in [6.07, 6.45) is 2.93. The second-order valence-electron chi connectivity index (χ2n) is 4.65. The lowest BCUT2D eigenvalue weighted by Gasteiger charge is -2.17. The van der Waals surface area contributed by atoms with Crippen LogP contribution in [0, 0.1) is 0 Å². The van der Waals surface area contributed by atoms with E-state index in [1.807, 2.05) is 30.0 Å². The number of hydrogen-bond acceptors (Lipinski definition) is 4. The Morgan fingerprint density at radius 1 is 1.26 bits per heavy atom. The van der Waals surface area contributed by atoms with Crippen molar-refractivity contribution in [3.8, 4) is 0 Å². The fourth-order valence-electron chi connectivity index (χ4n) is 1.84. The highest BCUT2D eigenvalue weighted by Gasteiger charge is 2.10. The summed E-state index contributed by atoms with van der Waals surface area (Å²) in [4.78, 5) is 1.26. The van der Waals surface area contributed by atoms with Crippen molar-refractivity contribution in [1.29, 1.82) is 0 Å². The summed E-state index contributed by atoms with van der Waals surface area (Å²) in [6, 6.07) is 10.7. The van der Waals surface area contributed by atoms with Crippen LogP contribution in [-0.2, 0) is 9.84 Å². The predicted octanol–water partition coefficient (Wildman–Crippen LogP) is 2.58. The van der Waals surface area contributed by atoms with E-state index in [2.05, 4.69) is 24.4 Å². The third kappa shape index (κ3) is 8.29. The Morgan fingerprint density at radius 3 is 2.53 bits per heavy atom. The van der Waals surface area contributed by atoms with E-state index in [0.29, 0.717) is 6.04 Å². The fourth-order valence-corrected chi connectivity index (χ4v) is 3.56. The monoisotopic (exact) mass is 301 g/mol. The number of benzene rings is 1. The van der Waals surface area contributed by atoms with Crippen molar-refractivity contribution >= 4 is 21.6 Å². The summed E-state index contributed by atoms with van der Waals surface area (Å²) in [5, 5.41) is 3.42. The van der Waals surface area contributed by atoms with Gasteiger partial charge in [0.05, 0.1) is 0 Å². The van der Waals surface area contributed by atoms with Crippen LogP contribution in [0.4, 0.5) is 0 Å². The molecule has 5 heteroatoms. The molecule has 1 aromatic rings. The molecule has 0 heterocycles. The molecule has 19 heavy (non-hydrogen) atoms. The van der Waals surface area contributed by atoms with E-state index in [4.69, 9.17) is 0 Å². The Kier molecular flexibility index (Phi) is 7.49. The lowest BCUT2D eigenvalue weighted by atomic mass is 10.2. The summed E-state index contributed by atoms with van der Waals surface area (Å²) in [7, 11) is -2.84. The van der Waals surface area contributed by atoms with Crippen molar-refractivity contribution in [3.05, 3.63) is 30.3 Å². The van der Waals surface area contributed by atoms with Gasteiger partial charge in [0.15, 0.2) is 0 Å². The number of thioether (sulfide) groups is 1. The van der Waals surface area contributed by atoms with Gasteiger partial charge in [-0.05, 0) is 31.5 Å². The van der Waals surface area contributed by atoms with Crippen LogP contribution >= 0.6 is 11.8 Å². The van der Waals surface area contributed by atoms with Crippen LogP contribution in [0.2, 0.25) is 0 Å². The molecule has 0 saturated heterocycles. The molecule has 0 amide bonds. The van der Waals surface area contributed by atoms with Crippen LogP contribution < -0.4 is 5.32 Å². The first-order chi connectivity index (χ1) is 9.01. The third-order valence-corrected chi connectivity index (χ3v) is 4.96. The second-order valence-corrected chi connectivity index (χ2v) is 8.00. The summed E-state index contributed by atoms with van der Waals surface area (Å²) in [6.45, 7) is 3.00. The van der Waals surface area contributed by atoms with E-state index in [1.165, 1.54) is 11.2 Å². The van der Waals surface area contributed by atoms with Gasteiger partial charge in [-0.3, -0.25) is 0 Å². The molecule has 1 atom stereocenters. The molecule has 1 N–H and O–H groups in total. The third-order valence-electron chi connectivity index (χ3n) is 2.75. The van der Waals surface area contributed by atoms with Crippen LogP contribution in [0.25, 0.3) is 0 Å². The molecule has 1 unspecified atom stereocenters. The molecule has 0 fully saturated rings. The van der Waals surface area contributed by atoms with E-state index >= 15 is 0 Å². The van der Waals surface area contributed by atoms with E-state index in [1.54, 1.807) is 0 Å². The van der Waals surface area contributed by atoms with Gasteiger partial charge in [0.25, 0.3) is 0 Å². The summed E-state index contributed by atoms with van der Waals surface area (Å²) >= 11 is 1.81. The summed E-state index contributed by atoms with van der Waals surface area (Å²) in [5.41, 5.74) is 0. The van der Waals surface area contributed by atoms with E-state index in [9.17, 15) is 8.42 Å². The first-order valence-corrected chi connectivity index (χ1v) is 9.65. The smallest absolute Gasteiger partial charge is 0.147 e. The SMILES string of the molecule is CCNC(CCCS(C)(=O)=O)CSc1ccccc1. The molecular formula is C14H23NO2S2. The maximum absolute atomic E-state index is 11.1. The molecule has 0 aliphatic heterocycles. The van der Waals surface area contributed by atoms with Crippen molar-refractivity contribution in [2.45, 2.75) is 30.7 Å². The van der Waals surface area contributed by atoms with E-state index in [-0.39, 0.29) is 5.75 Å². The standard InChI is InChI=1S/C14H23NO2S2/c1-3-15-13(8-7-11-19(2,16)17)12-18-14-9-5-4-6-10-14/h4-6,9-10,13,15H,3,7-8,11-12H2,1-2H3. The van der Waals surface area contributed by atoms with Gasteiger partial charge in [-0.15, -0.1) is 11.8 Å². The van der Waals surface area contributed by atoms with Gasteiger partial charge in [0.2, 0.25) is 0 Å². The molecular weight excluding hydrogens is 278 g/mol. The zero-order valence-electron chi connectivity index (χ0n) is 11.6. The molecule has 3 nitrogen and oxygen atoms in total. The zero-order valence-corrected chi connectivity index (χ0v) is 13.3. The van der Waals surface area contributed by atoms with Gasteiger partial charge in [0.1, 0.15) is 9.84 Å². The predicted molar refractivity (Wildman–Crippen MR) is 83.6 cm³/mol. The highest BCUT2D eigenvalue weighted by Crippen LogP contribution is 2.19. The van der Waals surface area contributed by atoms with Gasteiger partial charge in [-0.2, -0.15) is 0 Å². The minimum atomic E-state index is -2.84. The summed E-state index contributed by atoms with van der Waals surface area (Å²) < 4.78 is 22.2. The van der Waals surface area contributed by atoms with Crippen LogP contribution in [0.15, 0.2) is 35.2 Å². The quantitative estimate of drug-likeness (QED) is 0.712. The highest BCUT2D eigenvalue weighted by molar-refractivity contribution is 7.99. The van der Waals surface area contributed by atoms with Crippen LogP contribution in [0.5, 0.6) is 0 Å². The molecule has 0 spiro atoms. The van der Waals surface area contributed by atoms with Gasteiger partial charge >= 0.3 is 0 Å². The van der Waals surface area contributed by atoms with Gasteiger partial charge < -0.3 is 5.32 Å². The first kappa shape index (κ1) is 16.5. The van der Waals surface area contributed by atoms with Crippen molar-refractivity contribution in [3.63, 3.8) is 0 Å². The fraction of sp³-hybridized carbons (Fsp3) is 0.571. The number of hydrogen-bond donors (Lipinski definition) is 1. The topological polar surface area (TPSA) is 46.2 Å². The molecule has 108 valence electrons. The minimum Gasteiger partial charge on any atom is -0.313 e. The first-order valence-electron chi connectivity index (χ1n) is 6.60. The number of nitrogens with one attached hydrogen (secondary N) is 1. The van der Waals surface area contributed by atoms with E-state index in [0.717, 1.165) is 25.1 Å². The molecule has 0 aromatic heterocycles. The Morgan fingerprint density at radius 2 is 1.95 bits per heavy atom. The largest absolute Gasteiger partial charge is 0.313 e. The average Bonchev–Trinajstić information content (AvgIpc) is 2.36. The Labute approximate surface area is 121 Å². The Hall–Kier alpha value is -0.520. The van der Waals surface area contributed by atoms with Crippen LogP contribution in [0.1, 0.15) is 19.8 Å². The highest BCUT2D eigenvalue weighted by atomic mass is 32.2. The van der Waals surface area contributed by atoms with Gasteiger partial charge in [-0.25, -0.2) is 8.42 Å². The van der Waals surface area contributed by atoms with E-state index < -0.39 is 9.84 Å². The van der Waals surface area contributed by atoms with Crippen LogP contribution in [-0.4, -0.2) is 38.8 Å². The van der Waals surface area contributed by atoms with Crippen molar-refractivity contribution in [1.82, 2.24) is 5.32 Å². The maximum atomic E-state index is 11.1.